The van der Waals surface area contributed by atoms with Gasteiger partial charge in [0.15, 0.2) is 0 Å². The number of carbonyl (C=O) groups is 1. The Morgan fingerprint density at radius 2 is 2.19 bits per heavy atom. The Morgan fingerprint density at radius 3 is 2.76 bits per heavy atom. The van der Waals surface area contributed by atoms with Crippen molar-refractivity contribution < 1.29 is 19.4 Å². The van der Waals surface area contributed by atoms with Crippen LogP contribution in [0.5, 0.6) is 5.75 Å². The number of amides is 1. The van der Waals surface area contributed by atoms with Crippen LogP contribution in [0.2, 0.25) is 0 Å². The Kier molecular flexibility index (Phi) is 6.42. The van der Waals surface area contributed by atoms with Crippen LogP contribution in [0.25, 0.3) is 0 Å². The molecule has 118 valence electrons. The summed E-state index contributed by atoms with van der Waals surface area (Å²) in [6.45, 7) is 7.47. The van der Waals surface area contributed by atoms with Gasteiger partial charge in [0.1, 0.15) is 23.7 Å². The third kappa shape index (κ3) is 5.99. The van der Waals surface area contributed by atoms with E-state index in [-0.39, 0.29) is 19.3 Å². The van der Waals surface area contributed by atoms with Crippen molar-refractivity contribution >= 4 is 6.09 Å². The molecule has 6 nitrogen and oxygen atoms in total. The second kappa shape index (κ2) is 7.83. The normalized spacial score (nSPS) is 12.6. The lowest BCUT2D eigenvalue weighted by atomic mass is 10.1. The first kappa shape index (κ1) is 17.2. The van der Waals surface area contributed by atoms with Crippen molar-refractivity contribution in [3.05, 3.63) is 24.0 Å². The number of rotatable bonds is 6. The number of ether oxygens (including phenoxy) is 2. The van der Waals surface area contributed by atoms with Crippen LogP contribution in [0.3, 0.4) is 0 Å². The molecule has 0 fully saturated rings. The fourth-order valence-electron chi connectivity index (χ4n) is 1.76. The number of hydrogen-bond donors (Lipinski definition) is 2. The molecule has 6 heteroatoms. The number of aliphatic hydroxyl groups excluding tert-OH is 1. The van der Waals surface area contributed by atoms with Gasteiger partial charge in [-0.1, -0.05) is 6.92 Å². The van der Waals surface area contributed by atoms with Crippen LogP contribution in [-0.4, -0.2) is 35.0 Å². The number of nitrogens with zero attached hydrogens (tertiary/aromatic N) is 1. The zero-order chi connectivity index (χ0) is 15.9. The van der Waals surface area contributed by atoms with E-state index in [2.05, 4.69) is 10.3 Å². The van der Waals surface area contributed by atoms with Gasteiger partial charge in [0, 0.05) is 6.20 Å². The highest BCUT2D eigenvalue weighted by Crippen LogP contribution is 2.25. The molecule has 0 aliphatic rings. The highest BCUT2D eigenvalue weighted by atomic mass is 16.6. The van der Waals surface area contributed by atoms with Crippen LogP contribution in [0.15, 0.2) is 18.3 Å². The van der Waals surface area contributed by atoms with E-state index in [1.807, 2.05) is 27.7 Å². The van der Waals surface area contributed by atoms with E-state index in [0.717, 1.165) is 0 Å². The molecule has 1 aromatic rings. The van der Waals surface area contributed by atoms with Crippen LogP contribution >= 0.6 is 0 Å². The molecule has 2 N–H and O–H groups in total. The maximum atomic E-state index is 11.9. The van der Waals surface area contributed by atoms with E-state index in [9.17, 15) is 4.79 Å². The lowest BCUT2D eigenvalue weighted by molar-refractivity contribution is 0.0500. The summed E-state index contributed by atoms with van der Waals surface area (Å²) in [5, 5.41) is 11.6. The summed E-state index contributed by atoms with van der Waals surface area (Å²) < 4.78 is 10.7. The van der Waals surface area contributed by atoms with Gasteiger partial charge in [-0.3, -0.25) is 4.98 Å². The summed E-state index contributed by atoms with van der Waals surface area (Å²) in [6, 6.07) is 3.20. The molecular formula is C15H24N2O4. The van der Waals surface area contributed by atoms with Gasteiger partial charge in [0.05, 0.1) is 12.6 Å². The minimum atomic E-state index is -0.553. The van der Waals surface area contributed by atoms with Gasteiger partial charge in [0.2, 0.25) is 0 Å². The SMILES string of the molecule is CCC(NC(=O)OC(C)(C)C)c1ncccc1OCCO. The van der Waals surface area contributed by atoms with Crippen LogP contribution in [0.4, 0.5) is 4.79 Å². The van der Waals surface area contributed by atoms with E-state index in [4.69, 9.17) is 14.6 Å². The van der Waals surface area contributed by atoms with Crippen molar-refractivity contribution in [2.24, 2.45) is 0 Å². The monoisotopic (exact) mass is 296 g/mol. The van der Waals surface area contributed by atoms with Gasteiger partial charge in [-0.25, -0.2) is 4.79 Å². The summed E-state index contributed by atoms with van der Waals surface area (Å²) in [4.78, 5) is 16.2. The van der Waals surface area contributed by atoms with E-state index in [0.29, 0.717) is 17.9 Å². The van der Waals surface area contributed by atoms with Crippen molar-refractivity contribution in [2.75, 3.05) is 13.2 Å². The minimum Gasteiger partial charge on any atom is -0.489 e. The summed E-state index contributed by atoms with van der Waals surface area (Å²) in [6.07, 6.45) is 1.79. The number of carbonyl (C=O) groups excluding carboxylic acids is 1. The third-order valence-electron chi connectivity index (χ3n) is 2.58. The quantitative estimate of drug-likeness (QED) is 0.842. The Balaban J connectivity index is 2.82. The second-order valence-electron chi connectivity index (χ2n) is 5.57. The molecule has 1 amide bonds. The molecule has 0 saturated carbocycles. The Labute approximate surface area is 125 Å². The molecule has 1 aromatic heterocycles. The van der Waals surface area contributed by atoms with Crippen LogP contribution in [-0.2, 0) is 4.74 Å². The van der Waals surface area contributed by atoms with Crippen LogP contribution in [0, 0.1) is 0 Å². The van der Waals surface area contributed by atoms with Crippen molar-refractivity contribution in [2.45, 2.75) is 45.8 Å². The summed E-state index contributed by atoms with van der Waals surface area (Å²) in [5.41, 5.74) is 0.0715. The van der Waals surface area contributed by atoms with E-state index in [1.54, 1.807) is 18.3 Å². The van der Waals surface area contributed by atoms with Gasteiger partial charge in [-0.05, 0) is 39.3 Å². The predicted octanol–water partition coefficient (Wildman–Crippen LogP) is 2.43. The number of pyridine rings is 1. The van der Waals surface area contributed by atoms with Gasteiger partial charge in [-0.15, -0.1) is 0 Å². The maximum absolute atomic E-state index is 11.9. The van der Waals surface area contributed by atoms with Crippen molar-refractivity contribution in [1.29, 1.82) is 0 Å². The lowest BCUT2D eigenvalue weighted by Gasteiger charge is -2.23. The van der Waals surface area contributed by atoms with E-state index in [1.165, 1.54) is 0 Å². The molecule has 0 aliphatic heterocycles. The summed E-state index contributed by atoms with van der Waals surface area (Å²) >= 11 is 0. The Morgan fingerprint density at radius 1 is 1.48 bits per heavy atom. The number of hydrogen-bond acceptors (Lipinski definition) is 5. The van der Waals surface area contributed by atoms with E-state index >= 15 is 0 Å². The number of aromatic nitrogens is 1. The van der Waals surface area contributed by atoms with Gasteiger partial charge < -0.3 is 19.9 Å². The second-order valence-corrected chi connectivity index (χ2v) is 5.57. The van der Waals surface area contributed by atoms with E-state index < -0.39 is 11.7 Å². The fraction of sp³-hybridized carbons (Fsp3) is 0.600. The van der Waals surface area contributed by atoms with Crippen LogP contribution < -0.4 is 10.1 Å². The smallest absolute Gasteiger partial charge is 0.408 e. The molecule has 0 spiro atoms. The molecule has 1 unspecified atom stereocenters. The molecule has 1 atom stereocenters. The third-order valence-corrected chi connectivity index (χ3v) is 2.58. The fourth-order valence-corrected chi connectivity index (χ4v) is 1.76. The Hall–Kier alpha value is -1.82. The highest BCUT2D eigenvalue weighted by Gasteiger charge is 2.22. The van der Waals surface area contributed by atoms with Crippen molar-refractivity contribution in [1.82, 2.24) is 10.3 Å². The van der Waals surface area contributed by atoms with Gasteiger partial charge in [-0.2, -0.15) is 0 Å². The lowest BCUT2D eigenvalue weighted by Crippen LogP contribution is -2.35. The standard InChI is InChI=1S/C15H24N2O4/c1-5-11(17-14(19)21-15(2,3)4)13-12(20-10-9-18)7-6-8-16-13/h6-8,11,18H,5,9-10H2,1-4H3,(H,17,19). The van der Waals surface area contributed by atoms with Crippen molar-refractivity contribution in [3.8, 4) is 5.75 Å². The number of nitrogens with one attached hydrogen (secondary N) is 1. The summed E-state index contributed by atoms with van der Waals surface area (Å²) in [5.74, 6) is 0.550. The average molecular weight is 296 g/mol. The molecule has 1 heterocycles. The number of alkyl carbamates (subject to hydrolysis) is 1. The molecule has 0 saturated heterocycles. The average Bonchev–Trinajstić information content (AvgIpc) is 2.41. The molecule has 0 aromatic carbocycles. The Bertz CT molecular complexity index is 457. The predicted molar refractivity (Wildman–Crippen MR) is 79.2 cm³/mol. The molecule has 0 aliphatic carbocycles. The minimum absolute atomic E-state index is 0.0787. The first-order chi connectivity index (χ1) is 9.87. The zero-order valence-corrected chi connectivity index (χ0v) is 13.0. The first-order valence-electron chi connectivity index (χ1n) is 7.05. The molecule has 21 heavy (non-hydrogen) atoms. The molecular weight excluding hydrogens is 272 g/mol. The number of aliphatic hydroxyl groups is 1. The van der Waals surface area contributed by atoms with Gasteiger partial charge in [0.25, 0.3) is 0 Å². The van der Waals surface area contributed by atoms with Crippen molar-refractivity contribution in [3.63, 3.8) is 0 Å². The molecule has 0 bridgehead atoms. The largest absolute Gasteiger partial charge is 0.489 e. The highest BCUT2D eigenvalue weighted by molar-refractivity contribution is 5.68. The maximum Gasteiger partial charge on any atom is 0.408 e. The topological polar surface area (TPSA) is 80.7 Å². The molecule has 1 rings (SSSR count). The first-order valence-corrected chi connectivity index (χ1v) is 7.05. The summed E-state index contributed by atoms with van der Waals surface area (Å²) in [7, 11) is 0. The van der Waals surface area contributed by atoms with Gasteiger partial charge >= 0.3 is 6.09 Å². The van der Waals surface area contributed by atoms with Crippen LogP contribution in [0.1, 0.15) is 45.9 Å². The molecule has 0 radical (unpaired) electrons. The zero-order valence-electron chi connectivity index (χ0n) is 13.0.